The molecule has 0 fully saturated rings. The lowest BCUT2D eigenvalue weighted by Gasteiger charge is -2.04. The van der Waals surface area contributed by atoms with E-state index in [-0.39, 0.29) is 5.56 Å². The van der Waals surface area contributed by atoms with Crippen molar-refractivity contribution in [3.63, 3.8) is 0 Å². The second-order valence-electron chi connectivity index (χ2n) is 3.38. The van der Waals surface area contributed by atoms with Crippen molar-refractivity contribution in [3.8, 4) is 11.1 Å². The van der Waals surface area contributed by atoms with Crippen LogP contribution in [0.1, 0.15) is 10.4 Å². The van der Waals surface area contributed by atoms with E-state index in [1.54, 1.807) is 36.7 Å². The second kappa shape index (κ2) is 4.02. The number of hydrogen-bond acceptors (Lipinski definition) is 3. The van der Waals surface area contributed by atoms with Crippen molar-refractivity contribution in [1.29, 1.82) is 0 Å². The van der Waals surface area contributed by atoms with Gasteiger partial charge in [-0.2, -0.15) is 0 Å². The molecule has 0 atom stereocenters. The van der Waals surface area contributed by atoms with Crippen LogP contribution >= 0.6 is 0 Å². The van der Waals surface area contributed by atoms with E-state index in [0.29, 0.717) is 5.69 Å². The fourth-order valence-corrected chi connectivity index (χ4v) is 1.49. The summed E-state index contributed by atoms with van der Waals surface area (Å²) in [5.74, 6) is -0.984. The van der Waals surface area contributed by atoms with E-state index in [1.807, 2.05) is 0 Å². The predicted octanol–water partition coefficient (Wildman–Crippen LogP) is 2.03. The summed E-state index contributed by atoms with van der Waals surface area (Å²) in [6.45, 7) is 0. The molecule has 0 aliphatic carbocycles. The van der Waals surface area contributed by atoms with Crippen molar-refractivity contribution < 1.29 is 9.90 Å². The van der Waals surface area contributed by atoms with Gasteiger partial charge in [0.1, 0.15) is 0 Å². The van der Waals surface area contributed by atoms with E-state index in [9.17, 15) is 4.79 Å². The van der Waals surface area contributed by atoms with Crippen molar-refractivity contribution >= 4 is 11.7 Å². The molecule has 0 aliphatic heterocycles. The zero-order chi connectivity index (χ0) is 11.5. The molecule has 0 saturated heterocycles. The van der Waals surface area contributed by atoms with Gasteiger partial charge in [-0.25, -0.2) is 4.79 Å². The van der Waals surface area contributed by atoms with Crippen molar-refractivity contribution in [3.05, 3.63) is 48.3 Å². The molecule has 2 rings (SSSR count). The lowest BCUT2D eigenvalue weighted by Crippen LogP contribution is -1.98. The Bertz CT molecular complexity index is 524. The molecule has 3 N–H and O–H groups in total. The minimum atomic E-state index is -0.984. The molecule has 1 aromatic heterocycles. The first kappa shape index (κ1) is 10.2. The van der Waals surface area contributed by atoms with Gasteiger partial charge in [-0.15, -0.1) is 0 Å². The molecular weight excluding hydrogens is 204 g/mol. The van der Waals surface area contributed by atoms with E-state index < -0.39 is 5.97 Å². The van der Waals surface area contributed by atoms with Crippen LogP contribution in [0.15, 0.2) is 42.7 Å². The Morgan fingerprint density at radius 2 is 1.81 bits per heavy atom. The number of anilines is 1. The minimum absolute atomic E-state index is 0.187. The maximum absolute atomic E-state index is 10.9. The average molecular weight is 214 g/mol. The predicted molar refractivity (Wildman–Crippen MR) is 61.0 cm³/mol. The average Bonchev–Trinajstić information content (AvgIpc) is 2.29. The molecule has 4 heteroatoms. The van der Waals surface area contributed by atoms with Gasteiger partial charge in [0.05, 0.1) is 5.56 Å². The van der Waals surface area contributed by atoms with Crippen molar-refractivity contribution in [2.24, 2.45) is 0 Å². The number of benzene rings is 1. The fraction of sp³-hybridized carbons (Fsp3) is 0. The molecule has 4 nitrogen and oxygen atoms in total. The largest absolute Gasteiger partial charge is 0.478 e. The third-order valence-corrected chi connectivity index (χ3v) is 2.22. The summed E-state index contributed by atoms with van der Waals surface area (Å²) in [4.78, 5) is 14.8. The van der Waals surface area contributed by atoms with Crippen LogP contribution in [0, 0.1) is 0 Å². The minimum Gasteiger partial charge on any atom is -0.478 e. The summed E-state index contributed by atoms with van der Waals surface area (Å²) in [5, 5.41) is 8.91. The van der Waals surface area contributed by atoms with Crippen LogP contribution in [0.5, 0.6) is 0 Å². The normalized spacial score (nSPS) is 10.0. The Kier molecular flexibility index (Phi) is 2.55. The quantitative estimate of drug-likeness (QED) is 0.750. The molecular formula is C12H10N2O2. The Hall–Kier alpha value is -2.36. The van der Waals surface area contributed by atoms with E-state index in [0.717, 1.165) is 11.1 Å². The standard InChI is InChI=1S/C12H10N2O2/c13-11-6-9(5-10(7-11)12(15)16)8-1-3-14-4-2-8/h1-7H,13H2,(H,15,16). The van der Waals surface area contributed by atoms with Gasteiger partial charge in [0.2, 0.25) is 0 Å². The summed E-state index contributed by atoms with van der Waals surface area (Å²) < 4.78 is 0. The number of nitrogens with zero attached hydrogens (tertiary/aromatic N) is 1. The van der Waals surface area contributed by atoms with Crippen molar-refractivity contribution in [2.75, 3.05) is 5.73 Å². The number of nitrogen functional groups attached to an aromatic ring is 1. The molecule has 16 heavy (non-hydrogen) atoms. The first-order valence-electron chi connectivity index (χ1n) is 4.71. The molecule has 80 valence electrons. The van der Waals surface area contributed by atoms with Crippen LogP contribution in [0.4, 0.5) is 5.69 Å². The first-order valence-corrected chi connectivity index (χ1v) is 4.71. The molecule has 0 unspecified atom stereocenters. The Morgan fingerprint density at radius 3 is 2.44 bits per heavy atom. The van der Waals surface area contributed by atoms with Crippen molar-refractivity contribution in [1.82, 2.24) is 4.98 Å². The topological polar surface area (TPSA) is 76.2 Å². The highest BCUT2D eigenvalue weighted by atomic mass is 16.4. The van der Waals surface area contributed by atoms with Crippen LogP contribution in [-0.2, 0) is 0 Å². The molecule has 1 aromatic carbocycles. The zero-order valence-electron chi connectivity index (χ0n) is 8.42. The second-order valence-corrected chi connectivity index (χ2v) is 3.38. The fourth-order valence-electron chi connectivity index (χ4n) is 1.49. The van der Waals surface area contributed by atoms with Crippen LogP contribution in [0.3, 0.4) is 0 Å². The summed E-state index contributed by atoms with van der Waals surface area (Å²) in [7, 11) is 0. The number of nitrogens with two attached hydrogens (primary N) is 1. The smallest absolute Gasteiger partial charge is 0.335 e. The third-order valence-electron chi connectivity index (χ3n) is 2.22. The zero-order valence-corrected chi connectivity index (χ0v) is 8.42. The van der Waals surface area contributed by atoms with Gasteiger partial charge in [-0.05, 0) is 41.5 Å². The number of hydrogen-bond donors (Lipinski definition) is 2. The molecule has 0 spiro atoms. The monoisotopic (exact) mass is 214 g/mol. The highest BCUT2D eigenvalue weighted by molar-refractivity contribution is 5.91. The molecule has 0 saturated carbocycles. The summed E-state index contributed by atoms with van der Waals surface area (Å²) >= 11 is 0. The van der Waals surface area contributed by atoms with E-state index in [1.165, 1.54) is 6.07 Å². The number of carbonyl (C=O) groups is 1. The summed E-state index contributed by atoms with van der Waals surface area (Å²) in [6.07, 6.45) is 3.30. The number of rotatable bonds is 2. The van der Waals surface area contributed by atoms with E-state index in [2.05, 4.69) is 4.98 Å². The van der Waals surface area contributed by atoms with Crippen molar-refractivity contribution in [2.45, 2.75) is 0 Å². The summed E-state index contributed by atoms with van der Waals surface area (Å²) in [6, 6.07) is 8.38. The van der Waals surface area contributed by atoms with Crippen LogP contribution in [0.25, 0.3) is 11.1 Å². The maximum atomic E-state index is 10.9. The number of aromatic nitrogens is 1. The maximum Gasteiger partial charge on any atom is 0.335 e. The first-order chi connectivity index (χ1) is 7.66. The van der Waals surface area contributed by atoms with Gasteiger partial charge in [0, 0.05) is 18.1 Å². The number of carboxylic acids is 1. The molecule has 0 bridgehead atoms. The number of carboxylic acid groups (broad SMARTS) is 1. The van der Waals surface area contributed by atoms with E-state index >= 15 is 0 Å². The number of pyridine rings is 1. The van der Waals surface area contributed by atoms with Crippen LogP contribution in [0.2, 0.25) is 0 Å². The third kappa shape index (κ3) is 2.00. The van der Waals surface area contributed by atoms with Gasteiger partial charge in [-0.3, -0.25) is 4.98 Å². The molecule has 0 aliphatic rings. The van der Waals surface area contributed by atoms with Crippen LogP contribution in [-0.4, -0.2) is 16.1 Å². The molecule has 0 radical (unpaired) electrons. The SMILES string of the molecule is Nc1cc(C(=O)O)cc(-c2ccncc2)c1. The number of aromatic carboxylic acids is 1. The Morgan fingerprint density at radius 1 is 1.12 bits per heavy atom. The van der Waals surface area contributed by atoms with E-state index in [4.69, 9.17) is 10.8 Å². The van der Waals surface area contributed by atoms with Gasteiger partial charge < -0.3 is 10.8 Å². The molecule has 2 aromatic rings. The highest BCUT2D eigenvalue weighted by Crippen LogP contribution is 2.22. The Labute approximate surface area is 92.4 Å². The lowest BCUT2D eigenvalue weighted by molar-refractivity contribution is 0.0697. The van der Waals surface area contributed by atoms with Gasteiger partial charge in [-0.1, -0.05) is 0 Å². The van der Waals surface area contributed by atoms with Gasteiger partial charge >= 0.3 is 5.97 Å². The van der Waals surface area contributed by atoms with Gasteiger partial charge in [0.15, 0.2) is 0 Å². The molecule has 1 heterocycles. The lowest BCUT2D eigenvalue weighted by atomic mass is 10.0. The highest BCUT2D eigenvalue weighted by Gasteiger charge is 2.06. The van der Waals surface area contributed by atoms with Crippen LogP contribution < -0.4 is 5.73 Å². The molecule has 0 amide bonds. The summed E-state index contributed by atoms with van der Waals surface area (Å²) in [5.41, 5.74) is 7.95. The van der Waals surface area contributed by atoms with Gasteiger partial charge in [0.25, 0.3) is 0 Å². The Balaban J connectivity index is 2.54.